The maximum absolute atomic E-state index is 14.5. The second-order valence-electron chi connectivity index (χ2n) is 5.44. The fourth-order valence-corrected chi connectivity index (χ4v) is 2.55. The zero-order valence-electron chi connectivity index (χ0n) is 12.9. The number of nitrogens with one attached hydrogen (secondary N) is 1. The van der Waals surface area contributed by atoms with Gasteiger partial charge in [0, 0.05) is 29.3 Å². The number of rotatable bonds is 3. The summed E-state index contributed by atoms with van der Waals surface area (Å²) in [5, 5.41) is 7.32. The van der Waals surface area contributed by atoms with Crippen LogP contribution in [0.25, 0.3) is 16.8 Å². The van der Waals surface area contributed by atoms with Crippen molar-refractivity contribution >= 4 is 17.3 Å². The van der Waals surface area contributed by atoms with Gasteiger partial charge in [-0.1, -0.05) is 6.07 Å². The lowest BCUT2D eigenvalue weighted by Crippen LogP contribution is -1.95. The van der Waals surface area contributed by atoms with Crippen LogP contribution in [0.15, 0.2) is 60.9 Å². The van der Waals surface area contributed by atoms with Crippen LogP contribution in [0, 0.1) is 12.7 Å². The van der Waals surface area contributed by atoms with Crippen molar-refractivity contribution in [2.24, 2.45) is 0 Å². The molecular formula is C18H14FN5. The number of aryl methyl sites for hydroxylation is 1. The van der Waals surface area contributed by atoms with E-state index >= 15 is 0 Å². The van der Waals surface area contributed by atoms with Crippen molar-refractivity contribution in [1.29, 1.82) is 0 Å². The zero-order chi connectivity index (χ0) is 16.5. The van der Waals surface area contributed by atoms with Crippen molar-refractivity contribution in [2.45, 2.75) is 6.92 Å². The smallest absolute Gasteiger partial charge is 0.247 e. The molecule has 118 valence electrons. The second kappa shape index (κ2) is 5.73. The summed E-state index contributed by atoms with van der Waals surface area (Å²) < 4.78 is 16.1. The summed E-state index contributed by atoms with van der Waals surface area (Å²) >= 11 is 0. The van der Waals surface area contributed by atoms with Crippen LogP contribution in [0.5, 0.6) is 0 Å². The molecule has 3 aromatic heterocycles. The van der Waals surface area contributed by atoms with Crippen molar-refractivity contribution in [3.05, 3.63) is 72.4 Å². The topological polar surface area (TPSA) is 55.1 Å². The number of hydrogen-bond acceptors (Lipinski definition) is 4. The zero-order valence-corrected chi connectivity index (χ0v) is 12.9. The predicted molar refractivity (Wildman–Crippen MR) is 90.6 cm³/mol. The predicted octanol–water partition coefficient (Wildman–Crippen LogP) is 3.98. The van der Waals surface area contributed by atoms with Gasteiger partial charge in [-0.05, 0) is 55.0 Å². The molecule has 0 fully saturated rings. The van der Waals surface area contributed by atoms with E-state index in [-0.39, 0.29) is 5.82 Å². The highest BCUT2D eigenvalue weighted by Crippen LogP contribution is 2.26. The fourth-order valence-electron chi connectivity index (χ4n) is 2.55. The third-order valence-electron chi connectivity index (χ3n) is 3.67. The quantitative estimate of drug-likeness (QED) is 0.620. The van der Waals surface area contributed by atoms with Crippen molar-refractivity contribution in [1.82, 2.24) is 19.6 Å². The molecule has 0 atom stereocenters. The summed E-state index contributed by atoms with van der Waals surface area (Å²) in [6.45, 7) is 1.88. The molecule has 3 heterocycles. The highest BCUT2D eigenvalue weighted by molar-refractivity contribution is 5.68. The van der Waals surface area contributed by atoms with Gasteiger partial charge in [0.05, 0.1) is 0 Å². The average Bonchev–Trinajstić information content (AvgIpc) is 2.97. The summed E-state index contributed by atoms with van der Waals surface area (Å²) in [5.41, 5.74) is 3.51. The summed E-state index contributed by atoms with van der Waals surface area (Å²) in [5.74, 6) is 0.113. The number of halogens is 1. The van der Waals surface area contributed by atoms with Gasteiger partial charge in [-0.2, -0.15) is 4.98 Å². The lowest BCUT2D eigenvalue weighted by atomic mass is 10.1. The van der Waals surface area contributed by atoms with E-state index in [2.05, 4.69) is 20.4 Å². The number of aromatic nitrogens is 4. The van der Waals surface area contributed by atoms with Crippen LogP contribution < -0.4 is 5.32 Å². The Hall–Kier alpha value is -3.28. The van der Waals surface area contributed by atoms with Crippen LogP contribution in [0.4, 0.5) is 16.0 Å². The second-order valence-corrected chi connectivity index (χ2v) is 5.44. The Morgan fingerprint density at radius 2 is 2.00 bits per heavy atom. The van der Waals surface area contributed by atoms with E-state index < -0.39 is 0 Å². The van der Waals surface area contributed by atoms with Gasteiger partial charge < -0.3 is 5.32 Å². The monoisotopic (exact) mass is 319 g/mol. The van der Waals surface area contributed by atoms with E-state index in [0.29, 0.717) is 17.2 Å². The molecule has 6 heteroatoms. The van der Waals surface area contributed by atoms with Gasteiger partial charge in [0.15, 0.2) is 5.65 Å². The molecule has 0 saturated carbocycles. The largest absolute Gasteiger partial charge is 0.323 e. The number of benzene rings is 1. The molecule has 1 N–H and O–H groups in total. The van der Waals surface area contributed by atoms with E-state index in [9.17, 15) is 4.39 Å². The van der Waals surface area contributed by atoms with Gasteiger partial charge >= 0.3 is 0 Å². The third kappa shape index (κ3) is 2.69. The molecule has 4 rings (SSSR count). The highest BCUT2D eigenvalue weighted by Gasteiger charge is 2.09. The molecule has 0 aliphatic rings. The molecule has 0 amide bonds. The molecule has 0 spiro atoms. The summed E-state index contributed by atoms with van der Waals surface area (Å²) in [6.07, 6.45) is 3.49. The van der Waals surface area contributed by atoms with E-state index in [1.165, 1.54) is 6.07 Å². The first-order valence-electron chi connectivity index (χ1n) is 7.50. The molecule has 1 aromatic carbocycles. The Morgan fingerprint density at radius 3 is 2.79 bits per heavy atom. The van der Waals surface area contributed by atoms with Crippen LogP contribution >= 0.6 is 0 Å². The van der Waals surface area contributed by atoms with E-state index in [4.69, 9.17) is 0 Å². The van der Waals surface area contributed by atoms with E-state index in [1.807, 2.05) is 37.4 Å². The number of anilines is 2. The Bertz CT molecular complexity index is 992. The molecule has 0 bridgehead atoms. The standard InChI is InChI=1S/C18H14FN5/c1-12-10-13(7-8-20-12)15-6-5-14(11-16(15)19)21-18-22-17-4-2-3-9-24(17)23-18/h2-11H,1H3,(H,21,23). The van der Waals surface area contributed by atoms with E-state index in [1.54, 1.807) is 28.9 Å². The Morgan fingerprint density at radius 1 is 1.08 bits per heavy atom. The SMILES string of the molecule is Cc1cc(-c2ccc(Nc3nc4ccccn4n3)cc2F)ccn1. The molecule has 5 nitrogen and oxygen atoms in total. The van der Waals surface area contributed by atoms with E-state index in [0.717, 1.165) is 16.9 Å². The van der Waals surface area contributed by atoms with Crippen molar-refractivity contribution < 1.29 is 4.39 Å². The van der Waals surface area contributed by atoms with Crippen molar-refractivity contribution in [3.8, 4) is 11.1 Å². The van der Waals surface area contributed by atoms with Gasteiger partial charge in [0.25, 0.3) is 0 Å². The number of fused-ring (bicyclic) bond motifs is 1. The Balaban J connectivity index is 1.64. The minimum absolute atomic E-state index is 0.311. The van der Waals surface area contributed by atoms with Gasteiger partial charge in [-0.3, -0.25) is 4.98 Å². The molecule has 0 aliphatic heterocycles. The van der Waals surface area contributed by atoms with Crippen LogP contribution in [-0.4, -0.2) is 19.6 Å². The molecule has 0 aliphatic carbocycles. The van der Waals surface area contributed by atoms with Gasteiger partial charge in [-0.15, -0.1) is 5.10 Å². The van der Waals surface area contributed by atoms with Crippen LogP contribution in [-0.2, 0) is 0 Å². The lowest BCUT2D eigenvalue weighted by Gasteiger charge is -2.07. The Kier molecular flexibility index (Phi) is 3.42. The molecular weight excluding hydrogens is 305 g/mol. The first kappa shape index (κ1) is 14.3. The minimum Gasteiger partial charge on any atom is -0.323 e. The first-order valence-corrected chi connectivity index (χ1v) is 7.50. The summed E-state index contributed by atoms with van der Waals surface area (Å²) in [7, 11) is 0. The average molecular weight is 319 g/mol. The molecule has 0 unspecified atom stereocenters. The Labute approximate surface area is 137 Å². The molecule has 4 aromatic rings. The van der Waals surface area contributed by atoms with Gasteiger partial charge in [-0.25, -0.2) is 8.91 Å². The van der Waals surface area contributed by atoms with Crippen molar-refractivity contribution in [3.63, 3.8) is 0 Å². The fraction of sp³-hybridized carbons (Fsp3) is 0.0556. The van der Waals surface area contributed by atoms with Crippen molar-refractivity contribution in [2.75, 3.05) is 5.32 Å². The summed E-state index contributed by atoms with van der Waals surface area (Å²) in [4.78, 5) is 8.48. The third-order valence-corrected chi connectivity index (χ3v) is 3.67. The number of hydrogen-bond donors (Lipinski definition) is 1. The number of pyridine rings is 2. The summed E-state index contributed by atoms with van der Waals surface area (Å²) in [6, 6.07) is 14.2. The number of nitrogens with zero attached hydrogens (tertiary/aromatic N) is 4. The van der Waals surface area contributed by atoms with Crippen LogP contribution in [0.1, 0.15) is 5.69 Å². The molecule has 24 heavy (non-hydrogen) atoms. The highest BCUT2D eigenvalue weighted by atomic mass is 19.1. The van der Waals surface area contributed by atoms with Crippen LogP contribution in [0.3, 0.4) is 0 Å². The van der Waals surface area contributed by atoms with Crippen LogP contribution in [0.2, 0.25) is 0 Å². The molecule has 0 radical (unpaired) electrons. The maximum atomic E-state index is 14.5. The van der Waals surface area contributed by atoms with Gasteiger partial charge in [0.2, 0.25) is 5.95 Å². The minimum atomic E-state index is -0.311. The first-order chi connectivity index (χ1) is 11.7. The maximum Gasteiger partial charge on any atom is 0.247 e. The molecule has 0 saturated heterocycles. The lowest BCUT2D eigenvalue weighted by molar-refractivity contribution is 0.632. The normalized spacial score (nSPS) is 10.9. The van der Waals surface area contributed by atoms with Gasteiger partial charge in [0.1, 0.15) is 5.82 Å².